The molecule has 1 aliphatic heterocycles. The van der Waals surface area contributed by atoms with E-state index in [4.69, 9.17) is 32.7 Å². The summed E-state index contributed by atoms with van der Waals surface area (Å²) in [6.45, 7) is 1.37. The minimum absolute atomic E-state index is 0.00153. The van der Waals surface area contributed by atoms with Crippen molar-refractivity contribution in [3.8, 4) is 11.8 Å². The summed E-state index contributed by atoms with van der Waals surface area (Å²) in [6.07, 6.45) is 3.37. The van der Waals surface area contributed by atoms with Crippen LogP contribution in [0.4, 0.5) is 0 Å². The van der Waals surface area contributed by atoms with Crippen molar-refractivity contribution in [1.82, 2.24) is 5.32 Å². The summed E-state index contributed by atoms with van der Waals surface area (Å²) in [5.41, 5.74) is 1.42. The number of rotatable bonds is 7. The number of nitriles is 1. The molecule has 1 heterocycles. The molecule has 0 aliphatic carbocycles. The maximum atomic E-state index is 12.4. The normalized spacial score (nSPS) is 16.3. The number of hydrogen-bond donors (Lipinski definition) is 1. The Balaban J connectivity index is 1.73. The van der Waals surface area contributed by atoms with Crippen LogP contribution in [0.3, 0.4) is 0 Å². The van der Waals surface area contributed by atoms with E-state index in [0.717, 1.165) is 18.4 Å². The van der Waals surface area contributed by atoms with E-state index in [1.165, 1.54) is 6.08 Å². The third-order valence-corrected chi connectivity index (χ3v) is 4.90. The van der Waals surface area contributed by atoms with E-state index in [1.54, 1.807) is 24.3 Å². The number of benzene rings is 2. The third-order valence-electron chi connectivity index (χ3n) is 4.43. The molecule has 1 atom stereocenters. The average Bonchev–Trinajstić information content (AvgIpc) is 3.23. The highest BCUT2D eigenvalue weighted by atomic mass is 35.5. The summed E-state index contributed by atoms with van der Waals surface area (Å²) in [5, 5.41) is 13.3. The second-order valence-electron chi connectivity index (χ2n) is 6.62. The van der Waals surface area contributed by atoms with Crippen LogP contribution in [0.25, 0.3) is 6.08 Å². The van der Waals surface area contributed by atoms with Crippen molar-refractivity contribution in [1.29, 1.82) is 5.26 Å². The van der Waals surface area contributed by atoms with Gasteiger partial charge in [-0.15, -0.1) is 0 Å². The van der Waals surface area contributed by atoms with E-state index in [2.05, 4.69) is 5.32 Å². The van der Waals surface area contributed by atoms with E-state index >= 15 is 0 Å². The van der Waals surface area contributed by atoms with Gasteiger partial charge in [0.25, 0.3) is 5.91 Å². The smallest absolute Gasteiger partial charge is 0.262 e. The minimum atomic E-state index is -0.455. The first-order valence-electron chi connectivity index (χ1n) is 9.23. The SMILES string of the molecule is N#C/C(=C\c1cc(Cl)ccc1OCc1cccc(Cl)c1)C(=O)NC[C@H]1CCCO1. The lowest BCUT2D eigenvalue weighted by Gasteiger charge is -2.12. The number of hydrogen-bond acceptors (Lipinski definition) is 4. The Morgan fingerprint density at radius 3 is 2.83 bits per heavy atom. The van der Waals surface area contributed by atoms with Gasteiger partial charge in [-0.3, -0.25) is 4.79 Å². The van der Waals surface area contributed by atoms with Crippen LogP contribution in [0.1, 0.15) is 24.0 Å². The number of ether oxygens (including phenoxy) is 2. The van der Waals surface area contributed by atoms with Crippen LogP contribution in [0.5, 0.6) is 5.75 Å². The zero-order valence-corrected chi connectivity index (χ0v) is 17.2. The van der Waals surface area contributed by atoms with E-state index < -0.39 is 5.91 Å². The second-order valence-corrected chi connectivity index (χ2v) is 7.49. The molecule has 1 N–H and O–H groups in total. The Morgan fingerprint density at radius 2 is 2.10 bits per heavy atom. The Labute approximate surface area is 179 Å². The molecular weight excluding hydrogens is 411 g/mol. The Kier molecular flexibility index (Phi) is 7.54. The summed E-state index contributed by atoms with van der Waals surface area (Å²) in [7, 11) is 0. The Morgan fingerprint density at radius 1 is 1.28 bits per heavy atom. The van der Waals surface area contributed by atoms with Crippen molar-refractivity contribution in [2.75, 3.05) is 13.2 Å². The van der Waals surface area contributed by atoms with Gasteiger partial charge in [0.2, 0.25) is 0 Å². The number of amides is 1. The van der Waals surface area contributed by atoms with Crippen LogP contribution in [0.15, 0.2) is 48.0 Å². The first-order valence-corrected chi connectivity index (χ1v) is 9.99. The van der Waals surface area contributed by atoms with Gasteiger partial charge >= 0.3 is 0 Å². The zero-order chi connectivity index (χ0) is 20.6. The molecule has 1 amide bonds. The van der Waals surface area contributed by atoms with Gasteiger partial charge in [-0.1, -0.05) is 35.3 Å². The van der Waals surface area contributed by atoms with Crippen LogP contribution in [-0.2, 0) is 16.1 Å². The highest BCUT2D eigenvalue weighted by molar-refractivity contribution is 6.31. The van der Waals surface area contributed by atoms with E-state index in [-0.39, 0.29) is 18.3 Å². The topological polar surface area (TPSA) is 71.3 Å². The molecule has 1 saturated heterocycles. The highest BCUT2D eigenvalue weighted by Crippen LogP contribution is 2.26. The first-order chi connectivity index (χ1) is 14.0. The van der Waals surface area contributed by atoms with E-state index in [1.807, 2.05) is 24.3 Å². The first kappa shape index (κ1) is 21.2. The van der Waals surface area contributed by atoms with Gasteiger partial charge in [0, 0.05) is 28.8 Å². The number of nitrogens with one attached hydrogen (secondary N) is 1. The van der Waals surface area contributed by atoms with Crippen molar-refractivity contribution < 1.29 is 14.3 Å². The van der Waals surface area contributed by atoms with E-state index in [9.17, 15) is 10.1 Å². The highest BCUT2D eigenvalue weighted by Gasteiger charge is 2.18. The molecule has 150 valence electrons. The molecule has 29 heavy (non-hydrogen) atoms. The lowest BCUT2D eigenvalue weighted by atomic mass is 10.1. The van der Waals surface area contributed by atoms with Crippen molar-refractivity contribution in [3.63, 3.8) is 0 Å². The van der Waals surface area contributed by atoms with Crippen molar-refractivity contribution in [2.24, 2.45) is 0 Å². The molecule has 5 nitrogen and oxygen atoms in total. The van der Waals surface area contributed by atoms with Crippen LogP contribution in [0.2, 0.25) is 10.0 Å². The predicted octanol–water partition coefficient (Wildman–Crippen LogP) is 4.77. The van der Waals surface area contributed by atoms with Crippen molar-refractivity contribution in [2.45, 2.75) is 25.6 Å². The van der Waals surface area contributed by atoms with Crippen molar-refractivity contribution >= 4 is 35.2 Å². The summed E-state index contributed by atoms with van der Waals surface area (Å²) >= 11 is 12.1. The molecule has 1 fully saturated rings. The van der Waals surface area contributed by atoms with Crippen LogP contribution >= 0.6 is 23.2 Å². The lowest BCUT2D eigenvalue weighted by Crippen LogP contribution is -2.32. The molecule has 3 rings (SSSR count). The number of halogens is 2. The molecule has 0 bridgehead atoms. The van der Waals surface area contributed by atoms with Crippen LogP contribution in [0, 0.1) is 11.3 Å². The van der Waals surface area contributed by atoms with Gasteiger partial charge in [-0.05, 0) is 54.8 Å². The molecule has 0 radical (unpaired) electrons. The molecule has 2 aromatic rings. The lowest BCUT2D eigenvalue weighted by molar-refractivity contribution is -0.117. The summed E-state index contributed by atoms with van der Waals surface area (Å²) < 4.78 is 11.4. The fourth-order valence-electron chi connectivity index (χ4n) is 2.96. The molecule has 0 unspecified atom stereocenters. The average molecular weight is 431 g/mol. The molecule has 1 aliphatic rings. The molecule has 0 spiro atoms. The molecule has 0 saturated carbocycles. The van der Waals surface area contributed by atoms with E-state index in [0.29, 0.717) is 34.5 Å². The Bertz CT molecular complexity index is 947. The zero-order valence-electron chi connectivity index (χ0n) is 15.7. The van der Waals surface area contributed by atoms with Gasteiger partial charge in [0.15, 0.2) is 0 Å². The van der Waals surface area contributed by atoms with Gasteiger partial charge in [-0.25, -0.2) is 0 Å². The third kappa shape index (κ3) is 6.23. The van der Waals surface area contributed by atoms with Gasteiger partial charge in [-0.2, -0.15) is 5.26 Å². The predicted molar refractivity (Wildman–Crippen MR) is 113 cm³/mol. The summed E-state index contributed by atoms with van der Waals surface area (Å²) in [5.74, 6) is 0.0535. The molecule has 0 aromatic heterocycles. The number of carbonyl (C=O) groups is 1. The Hall–Kier alpha value is -2.52. The molecular formula is C22H20Cl2N2O3. The summed E-state index contributed by atoms with van der Waals surface area (Å²) in [6, 6.07) is 14.3. The molecule has 7 heteroatoms. The largest absolute Gasteiger partial charge is 0.488 e. The quantitative estimate of drug-likeness (QED) is 0.506. The van der Waals surface area contributed by atoms with Crippen molar-refractivity contribution in [3.05, 3.63) is 69.2 Å². The standard InChI is InChI=1S/C22H20Cl2N2O3/c23-18-4-1-3-15(9-18)14-29-21-7-6-19(24)11-16(21)10-17(12-25)22(27)26-13-20-5-2-8-28-20/h1,3-4,6-7,9-11,20H,2,5,8,13-14H2,(H,26,27)/b17-10+/t20-/m1/s1. The maximum Gasteiger partial charge on any atom is 0.262 e. The van der Waals surface area contributed by atoms with Crippen LogP contribution < -0.4 is 10.1 Å². The summed E-state index contributed by atoms with van der Waals surface area (Å²) in [4.78, 5) is 12.4. The van der Waals surface area contributed by atoms with Gasteiger partial charge < -0.3 is 14.8 Å². The fraction of sp³-hybridized carbons (Fsp3) is 0.273. The number of nitrogens with zero attached hydrogens (tertiary/aromatic N) is 1. The second kappa shape index (κ2) is 10.3. The fourth-order valence-corrected chi connectivity index (χ4v) is 3.36. The van der Waals surface area contributed by atoms with Crippen LogP contribution in [-0.4, -0.2) is 25.2 Å². The van der Waals surface area contributed by atoms with Gasteiger partial charge in [0.1, 0.15) is 24.0 Å². The van der Waals surface area contributed by atoms with Gasteiger partial charge in [0.05, 0.1) is 6.10 Å². The number of carbonyl (C=O) groups excluding carboxylic acids is 1. The maximum absolute atomic E-state index is 12.4. The minimum Gasteiger partial charge on any atom is -0.488 e. The monoisotopic (exact) mass is 430 g/mol. The molecule has 2 aromatic carbocycles.